The summed E-state index contributed by atoms with van der Waals surface area (Å²) < 4.78 is 5.84. The van der Waals surface area contributed by atoms with Crippen LogP contribution in [0.15, 0.2) is 12.1 Å². The number of carbonyl (C=O) groups is 1. The van der Waals surface area contributed by atoms with Gasteiger partial charge in [-0.2, -0.15) is 0 Å². The van der Waals surface area contributed by atoms with E-state index in [1.165, 1.54) is 4.88 Å². The van der Waals surface area contributed by atoms with Crippen LogP contribution in [-0.4, -0.2) is 42.0 Å². The monoisotopic (exact) mass is 267 g/mol. The Morgan fingerprint density at radius 3 is 2.83 bits per heavy atom. The highest BCUT2D eigenvalue weighted by Gasteiger charge is 2.32. The molecule has 0 saturated carbocycles. The fourth-order valence-electron chi connectivity index (χ4n) is 2.57. The van der Waals surface area contributed by atoms with Gasteiger partial charge in [0.15, 0.2) is 5.78 Å². The first-order valence-corrected chi connectivity index (χ1v) is 7.17. The van der Waals surface area contributed by atoms with Crippen LogP contribution in [0.5, 0.6) is 0 Å². The number of thiophene rings is 1. The molecular formula is C14H21NO2S. The summed E-state index contributed by atoms with van der Waals surface area (Å²) in [7, 11) is 0. The number of nitrogens with zero attached hydrogens (tertiary/aromatic N) is 1. The molecule has 0 bridgehead atoms. The van der Waals surface area contributed by atoms with Crippen LogP contribution in [0.25, 0.3) is 0 Å². The highest BCUT2D eigenvalue weighted by atomic mass is 32.1. The van der Waals surface area contributed by atoms with Crippen LogP contribution in [0.4, 0.5) is 0 Å². The smallest absolute Gasteiger partial charge is 0.186 e. The van der Waals surface area contributed by atoms with Crippen molar-refractivity contribution in [3.63, 3.8) is 0 Å². The molecule has 1 atom stereocenters. The summed E-state index contributed by atoms with van der Waals surface area (Å²) in [6, 6.07) is 3.93. The molecule has 1 aromatic rings. The topological polar surface area (TPSA) is 29.5 Å². The average Bonchev–Trinajstić information content (AvgIpc) is 2.61. The largest absolute Gasteiger partial charge is 0.370 e. The summed E-state index contributed by atoms with van der Waals surface area (Å²) in [6.07, 6.45) is 0.187. The molecule has 3 nitrogen and oxygen atoms in total. The Labute approximate surface area is 113 Å². The van der Waals surface area contributed by atoms with E-state index in [1.54, 1.807) is 11.3 Å². The highest BCUT2D eigenvalue weighted by molar-refractivity contribution is 7.14. The van der Waals surface area contributed by atoms with Gasteiger partial charge in [0.2, 0.25) is 0 Å². The molecule has 1 aliphatic heterocycles. The van der Waals surface area contributed by atoms with Crippen molar-refractivity contribution in [2.24, 2.45) is 0 Å². The fraction of sp³-hybridized carbons (Fsp3) is 0.643. The quantitative estimate of drug-likeness (QED) is 0.789. The average molecular weight is 267 g/mol. The maximum Gasteiger partial charge on any atom is 0.186 e. The molecule has 100 valence electrons. The Morgan fingerprint density at radius 1 is 1.56 bits per heavy atom. The van der Waals surface area contributed by atoms with Gasteiger partial charge in [-0.25, -0.2) is 0 Å². The summed E-state index contributed by atoms with van der Waals surface area (Å²) in [4.78, 5) is 16.4. The van der Waals surface area contributed by atoms with E-state index in [0.717, 1.165) is 18.0 Å². The summed E-state index contributed by atoms with van der Waals surface area (Å²) in [5, 5.41) is 0. The van der Waals surface area contributed by atoms with Crippen molar-refractivity contribution in [1.29, 1.82) is 0 Å². The van der Waals surface area contributed by atoms with E-state index >= 15 is 0 Å². The fourth-order valence-corrected chi connectivity index (χ4v) is 3.37. The second kappa shape index (κ2) is 5.11. The number of rotatable bonds is 3. The second-order valence-corrected chi connectivity index (χ2v) is 6.98. The first-order valence-electron chi connectivity index (χ1n) is 6.35. The van der Waals surface area contributed by atoms with Crippen molar-refractivity contribution in [2.45, 2.75) is 39.4 Å². The molecular weight excluding hydrogens is 246 g/mol. The summed E-state index contributed by atoms with van der Waals surface area (Å²) in [6.45, 7) is 10.4. The number of hydrogen-bond acceptors (Lipinski definition) is 4. The third kappa shape index (κ3) is 3.40. The van der Waals surface area contributed by atoms with E-state index in [-0.39, 0.29) is 17.5 Å². The van der Waals surface area contributed by atoms with Crippen molar-refractivity contribution < 1.29 is 9.53 Å². The van der Waals surface area contributed by atoms with Gasteiger partial charge in [0.25, 0.3) is 0 Å². The Morgan fingerprint density at radius 2 is 2.28 bits per heavy atom. The first kappa shape index (κ1) is 13.7. The number of ether oxygens (including phenoxy) is 1. The molecule has 0 radical (unpaired) electrons. The minimum absolute atomic E-state index is 0.163. The maximum absolute atomic E-state index is 12.2. The number of morpholine rings is 1. The van der Waals surface area contributed by atoms with E-state index in [0.29, 0.717) is 6.54 Å². The SMILES string of the molecule is Cc1ccc(C(=O)CN2CC(C)OC(C)(C)C2)s1. The standard InChI is InChI=1S/C14H21NO2S/c1-10-7-15(9-14(3,4)17-10)8-12(16)13-6-5-11(2)18-13/h5-6,10H,7-9H2,1-4H3. The lowest BCUT2D eigenvalue weighted by atomic mass is 10.1. The van der Waals surface area contributed by atoms with Crippen LogP contribution >= 0.6 is 11.3 Å². The summed E-state index contributed by atoms with van der Waals surface area (Å²) in [5.74, 6) is 0.220. The van der Waals surface area contributed by atoms with Gasteiger partial charge in [-0.3, -0.25) is 9.69 Å². The van der Waals surface area contributed by atoms with Crippen molar-refractivity contribution >= 4 is 17.1 Å². The zero-order valence-electron chi connectivity index (χ0n) is 11.5. The first-order chi connectivity index (χ1) is 8.35. The van der Waals surface area contributed by atoms with E-state index in [9.17, 15) is 4.79 Å². The van der Waals surface area contributed by atoms with Gasteiger partial charge >= 0.3 is 0 Å². The van der Waals surface area contributed by atoms with Gasteiger partial charge in [0.1, 0.15) is 0 Å². The van der Waals surface area contributed by atoms with Crippen molar-refractivity contribution in [2.75, 3.05) is 19.6 Å². The number of hydrogen-bond donors (Lipinski definition) is 0. The summed E-state index contributed by atoms with van der Waals surface area (Å²) in [5.41, 5.74) is -0.163. The van der Waals surface area contributed by atoms with Gasteiger partial charge in [0, 0.05) is 18.0 Å². The molecule has 1 aromatic heterocycles. The number of ketones is 1. The number of carbonyl (C=O) groups excluding carboxylic acids is 1. The van der Waals surface area contributed by atoms with Gasteiger partial charge < -0.3 is 4.74 Å². The van der Waals surface area contributed by atoms with E-state index in [2.05, 4.69) is 25.7 Å². The van der Waals surface area contributed by atoms with Gasteiger partial charge in [-0.05, 0) is 39.8 Å². The van der Waals surface area contributed by atoms with E-state index in [1.807, 2.05) is 19.1 Å². The van der Waals surface area contributed by atoms with Crippen LogP contribution < -0.4 is 0 Å². The van der Waals surface area contributed by atoms with E-state index in [4.69, 9.17) is 4.74 Å². The third-order valence-electron chi connectivity index (χ3n) is 3.02. The Hall–Kier alpha value is -0.710. The van der Waals surface area contributed by atoms with Crippen LogP contribution in [0, 0.1) is 6.92 Å². The molecule has 4 heteroatoms. The predicted molar refractivity (Wildman–Crippen MR) is 74.5 cm³/mol. The summed E-state index contributed by atoms with van der Waals surface area (Å²) >= 11 is 1.58. The molecule has 0 amide bonds. The molecule has 1 fully saturated rings. The Balaban J connectivity index is 1.99. The third-order valence-corrected chi connectivity index (χ3v) is 4.06. The van der Waals surface area contributed by atoms with Gasteiger partial charge in [-0.1, -0.05) is 0 Å². The highest BCUT2D eigenvalue weighted by Crippen LogP contribution is 2.22. The van der Waals surface area contributed by atoms with Crippen LogP contribution in [-0.2, 0) is 4.74 Å². The second-order valence-electron chi connectivity index (χ2n) is 5.69. The molecule has 0 N–H and O–H groups in total. The lowest BCUT2D eigenvalue weighted by Gasteiger charge is -2.41. The molecule has 1 aliphatic rings. The predicted octanol–water partition coefficient (Wildman–Crippen LogP) is 2.74. The lowest BCUT2D eigenvalue weighted by molar-refractivity contribution is -0.126. The Bertz CT molecular complexity index is 439. The molecule has 0 aliphatic carbocycles. The normalized spacial score (nSPS) is 24.1. The molecule has 1 unspecified atom stereocenters. The van der Waals surface area contributed by atoms with Crippen molar-refractivity contribution in [3.05, 3.63) is 21.9 Å². The number of Topliss-reactive ketones (excluding diaryl/α,β-unsaturated/α-hetero) is 1. The zero-order chi connectivity index (χ0) is 13.3. The Kier molecular flexibility index (Phi) is 3.90. The zero-order valence-corrected chi connectivity index (χ0v) is 12.3. The minimum atomic E-state index is -0.163. The van der Waals surface area contributed by atoms with Crippen LogP contribution in [0.1, 0.15) is 35.3 Å². The minimum Gasteiger partial charge on any atom is -0.370 e. The van der Waals surface area contributed by atoms with Gasteiger partial charge in [0.05, 0.1) is 23.1 Å². The lowest BCUT2D eigenvalue weighted by Crippen LogP contribution is -2.52. The van der Waals surface area contributed by atoms with Crippen molar-refractivity contribution in [3.8, 4) is 0 Å². The molecule has 1 saturated heterocycles. The molecule has 2 heterocycles. The van der Waals surface area contributed by atoms with Crippen LogP contribution in [0.2, 0.25) is 0 Å². The van der Waals surface area contributed by atoms with E-state index < -0.39 is 0 Å². The van der Waals surface area contributed by atoms with Crippen molar-refractivity contribution in [1.82, 2.24) is 4.90 Å². The molecule has 2 rings (SSSR count). The van der Waals surface area contributed by atoms with Gasteiger partial charge in [-0.15, -0.1) is 11.3 Å². The molecule has 18 heavy (non-hydrogen) atoms. The maximum atomic E-state index is 12.2. The molecule has 0 aromatic carbocycles. The van der Waals surface area contributed by atoms with Crippen LogP contribution in [0.3, 0.4) is 0 Å². The molecule has 0 spiro atoms. The number of aryl methyl sites for hydroxylation is 1.